The van der Waals surface area contributed by atoms with E-state index in [1.54, 1.807) is 6.20 Å². The minimum atomic E-state index is 0.00521. The molecule has 5 nitrogen and oxygen atoms in total. The summed E-state index contributed by atoms with van der Waals surface area (Å²) in [4.78, 5) is 17.7. The lowest BCUT2D eigenvalue weighted by Gasteiger charge is -2.19. The Morgan fingerprint density at radius 1 is 1.69 bits per heavy atom. The lowest BCUT2D eigenvalue weighted by atomic mass is 10.4. The third-order valence-electron chi connectivity index (χ3n) is 1.95. The van der Waals surface area contributed by atoms with E-state index in [0.29, 0.717) is 11.5 Å². The summed E-state index contributed by atoms with van der Waals surface area (Å²) in [6.45, 7) is 6.92. The van der Waals surface area contributed by atoms with Crippen molar-refractivity contribution in [2.24, 2.45) is 0 Å². The number of aromatic nitrogens is 1. The fourth-order valence-corrected chi connectivity index (χ4v) is 2.02. The summed E-state index contributed by atoms with van der Waals surface area (Å²) >= 11 is 1.39. The van der Waals surface area contributed by atoms with Gasteiger partial charge in [-0.3, -0.25) is 4.79 Å². The maximum Gasteiger partial charge on any atom is 0.239 e. The van der Waals surface area contributed by atoms with Crippen LogP contribution in [0.4, 0.5) is 10.1 Å². The Morgan fingerprint density at radius 3 is 2.81 bits per heavy atom. The van der Waals surface area contributed by atoms with Crippen LogP contribution in [0.25, 0.3) is 0 Å². The van der Waals surface area contributed by atoms with Crippen LogP contribution in [0.2, 0.25) is 0 Å². The lowest BCUT2D eigenvalue weighted by Crippen LogP contribution is -2.40. The molecule has 0 fully saturated rings. The number of nitrogen functional groups attached to an aromatic ring is 1. The second-order valence-electron chi connectivity index (χ2n) is 3.78. The summed E-state index contributed by atoms with van der Waals surface area (Å²) in [5, 5.41) is 4.30. The van der Waals surface area contributed by atoms with Crippen molar-refractivity contribution in [3.05, 3.63) is 6.20 Å². The standard InChI is InChI=1S/C10H18N4OS/c1-4-14(6-9(15)13-7(2)3)10-12-5-8(11)16-10/h5,7H,4,6,11H2,1-3H3,(H,13,15). The molecule has 0 unspecified atom stereocenters. The fraction of sp³-hybridized carbons (Fsp3) is 0.600. The lowest BCUT2D eigenvalue weighted by molar-refractivity contribution is -0.120. The van der Waals surface area contributed by atoms with Gasteiger partial charge in [-0.15, -0.1) is 0 Å². The molecule has 6 heteroatoms. The van der Waals surface area contributed by atoms with Gasteiger partial charge < -0.3 is 16.0 Å². The average molecular weight is 242 g/mol. The molecule has 1 aromatic rings. The Balaban J connectivity index is 2.59. The molecule has 0 bridgehead atoms. The molecular weight excluding hydrogens is 224 g/mol. The summed E-state index contributed by atoms with van der Waals surface area (Å²) in [5.74, 6) is 0.00521. The molecule has 0 aromatic carbocycles. The normalized spacial score (nSPS) is 10.5. The first kappa shape index (κ1) is 12.8. The second-order valence-corrected chi connectivity index (χ2v) is 4.82. The third-order valence-corrected chi connectivity index (χ3v) is 2.84. The van der Waals surface area contributed by atoms with Gasteiger partial charge in [0.1, 0.15) is 5.00 Å². The molecule has 1 amide bonds. The first-order valence-electron chi connectivity index (χ1n) is 5.28. The first-order chi connectivity index (χ1) is 7.52. The Hall–Kier alpha value is -1.30. The molecule has 0 aliphatic rings. The first-order valence-corrected chi connectivity index (χ1v) is 6.10. The average Bonchev–Trinajstić information content (AvgIpc) is 2.60. The molecule has 0 saturated heterocycles. The van der Waals surface area contributed by atoms with Crippen LogP contribution in [0.15, 0.2) is 6.20 Å². The fourth-order valence-electron chi connectivity index (χ4n) is 1.28. The van der Waals surface area contributed by atoms with E-state index in [0.717, 1.165) is 11.7 Å². The smallest absolute Gasteiger partial charge is 0.239 e. The molecule has 1 heterocycles. The Morgan fingerprint density at radius 2 is 2.38 bits per heavy atom. The van der Waals surface area contributed by atoms with Crippen LogP contribution in [0, 0.1) is 0 Å². The molecule has 0 spiro atoms. The minimum absolute atomic E-state index is 0.00521. The Labute approximate surface area is 99.7 Å². The summed E-state index contributed by atoms with van der Waals surface area (Å²) in [7, 11) is 0. The van der Waals surface area contributed by atoms with Crippen molar-refractivity contribution < 1.29 is 4.79 Å². The van der Waals surface area contributed by atoms with Crippen molar-refractivity contribution in [3.63, 3.8) is 0 Å². The van der Waals surface area contributed by atoms with Crippen molar-refractivity contribution in [3.8, 4) is 0 Å². The highest BCUT2D eigenvalue weighted by atomic mass is 32.1. The summed E-state index contributed by atoms with van der Waals surface area (Å²) < 4.78 is 0. The van der Waals surface area contributed by atoms with E-state index in [1.165, 1.54) is 11.3 Å². The number of amides is 1. The van der Waals surface area contributed by atoms with Crippen LogP contribution in [-0.4, -0.2) is 30.0 Å². The summed E-state index contributed by atoms with van der Waals surface area (Å²) in [6, 6.07) is 0.160. The van der Waals surface area contributed by atoms with E-state index in [-0.39, 0.29) is 11.9 Å². The molecule has 0 radical (unpaired) electrons. The molecule has 0 aliphatic carbocycles. The van der Waals surface area contributed by atoms with Crippen LogP contribution in [0.5, 0.6) is 0 Å². The van der Waals surface area contributed by atoms with Gasteiger partial charge in [0.2, 0.25) is 5.91 Å². The van der Waals surface area contributed by atoms with E-state index in [1.807, 2.05) is 25.7 Å². The van der Waals surface area contributed by atoms with Crippen molar-refractivity contribution in [2.45, 2.75) is 26.8 Å². The van der Waals surface area contributed by atoms with Gasteiger partial charge in [0, 0.05) is 12.6 Å². The predicted octanol–water partition coefficient (Wildman–Crippen LogP) is 1.08. The summed E-state index contributed by atoms with van der Waals surface area (Å²) in [6.07, 6.45) is 1.61. The number of nitrogens with zero attached hydrogens (tertiary/aromatic N) is 2. The van der Waals surface area contributed by atoms with E-state index in [4.69, 9.17) is 5.73 Å². The van der Waals surface area contributed by atoms with Crippen LogP contribution in [0.1, 0.15) is 20.8 Å². The van der Waals surface area contributed by atoms with E-state index in [9.17, 15) is 4.79 Å². The number of hydrogen-bond donors (Lipinski definition) is 2. The predicted molar refractivity (Wildman–Crippen MR) is 67.7 cm³/mol. The number of carbonyl (C=O) groups is 1. The molecule has 0 atom stereocenters. The summed E-state index contributed by atoms with van der Waals surface area (Å²) in [5.41, 5.74) is 5.61. The van der Waals surface area contributed by atoms with Crippen LogP contribution >= 0.6 is 11.3 Å². The quantitative estimate of drug-likeness (QED) is 0.810. The van der Waals surface area contributed by atoms with Gasteiger partial charge in [-0.05, 0) is 20.8 Å². The highest BCUT2D eigenvalue weighted by molar-refractivity contribution is 7.19. The molecule has 1 rings (SSSR count). The van der Waals surface area contributed by atoms with Gasteiger partial charge in [0.25, 0.3) is 0 Å². The Kier molecular flexibility index (Phi) is 4.54. The zero-order valence-corrected chi connectivity index (χ0v) is 10.7. The minimum Gasteiger partial charge on any atom is -0.389 e. The number of anilines is 2. The SMILES string of the molecule is CCN(CC(=O)NC(C)C)c1ncc(N)s1. The maximum atomic E-state index is 11.6. The van der Waals surface area contributed by atoms with E-state index < -0.39 is 0 Å². The number of nitrogens with one attached hydrogen (secondary N) is 1. The maximum absolute atomic E-state index is 11.6. The van der Waals surface area contributed by atoms with Crippen LogP contribution < -0.4 is 16.0 Å². The topological polar surface area (TPSA) is 71.2 Å². The van der Waals surface area contributed by atoms with Gasteiger partial charge >= 0.3 is 0 Å². The second kappa shape index (κ2) is 5.69. The number of nitrogens with two attached hydrogens (primary N) is 1. The van der Waals surface area contributed by atoms with Crippen LogP contribution in [0.3, 0.4) is 0 Å². The van der Waals surface area contributed by atoms with Gasteiger partial charge in [-0.25, -0.2) is 4.98 Å². The number of likely N-dealkylation sites (N-methyl/N-ethyl adjacent to an activating group) is 1. The number of carbonyl (C=O) groups excluding carboxylic acids is 1. The molecular formula is C10H18N4OS. The highest BCUT2D eigenvalue weighted by Crippen LogP contribution is 2.23. The zero-order chi connectivity index (χ0) is 12.1. The van der Waals surface area contributed by atoms with Gasteiger partial charge in [-0.1, -0.05) is 11.3 Å². The Bertz CT molecular complexity index is 350. The van der Waals surface area contributed by atoms with Crippen molar-refractivity contribution in [1.29, 1.82) is 0 Å². The van der Waals surface area contributed by atoms with E-state index >= 15 is 0 Å². The third kappa shape index (κ3) is 3.69. The highest BCUT2D eigenvalue weighted by Gasteiger charge is 2.13. The number of hydrogen-bond acceptors (Lipinski definition) is 5. The molecule has 1 aromatic heterocycles. The van der Waals surface area contributed by atoms with Crippen molar-refractivity contribution in [2.75, 3.05) is 23.7 Å². The zero-order valence-electron chi connectivity index (χ0n) is 9.86. The molecule has 16 heavy (non-hydrogen) atoms. The monoisotopic (exact) mass is 242 g/mol. The number of rotatable bonds is 5. The molecule has 0 aliphatic heterocycles. The van der Waals surface area contributed by atoms with Crippen molar-refractivity contribution in [1.82, 2.24) is 10.3 Å². The van der Waals surface area contributed by atoms with Gasteiger partial charge in [0.15, 0.2) is 5.13 Å². The molecule has 90 valence electrons. The van der Waals surface area contributed by atoms with E-state index in [2.05, 4.69) is 10.3 Å². The van der Waals surface area contributed by atoms with Gasteiger partial charge in [0.05, 0.1) is 12.7 Å². The molecule has 3 N–H and O–H groups in total. The van der Waals surface area contributed by atoms with Gasteiger partial charge in [-0.2, -0.15) is 0 Å². The molecule has 0 saturated carbocycles. The number of thiazole rings is 1. The van der Waals surface area contributed by atoms with Crippen molar-refractivity contribution >= 4 is 27.4 Å². The van der Waals surface area contributed by atoms with Crippen LogP contribution in [-0.2, 0) is 4.79 Å². The largest absolute Gasteiger partial charge is 0.389 e.